The molecule has 1 heterocycles. The van der Waals surface area contributed by atoms with Gasteiger partial charge in [0.25, 0.3) is 0 Å². The number of hydrogen-bond acceptors (Lipinski definition) is 3. The van der Waals surface area contributed by atoms with Crippen molar-refractivity contribution >= 4 is 19.6 Å². The summed E-state index contributed by atoms with van der Waals surface area (Å²) < 4.78 is 6.45. The molecule has 4 heteroatoms. The van der Waals surface area contributed by atoms with Crippen molar-refractivity contribution in [2.24, 2.45) is 0 Å². The van der Waals surface area contributed by atoms with E-state index in [1.807, 2.05) is 0 Å². The lowest BCUT2D eigenvalue weighted by Gasteiger charge is -2.37. The van der Waals surface area contributed by atoms with Gasteiger partial charge in [-0.15, -0.1) is 0 Å². The Morgan fingerprint density at radius 2 is 2.00 bits per heavy atom. The fourth-order valence-electron chi connectivity index (χ4n) is 3.19. The lowest BCUT2D eigenvalue weighted by atomic mass is 9.82. The van der Waals surface area contributed by atoms with Gasteiger partial charge in [-0.3, -0.25) is 0 Å². The minimum atomic E-state index is -1.85. The molecule has 3 nitrogen and oxygen atoms in total. The molecule has 2 N–H and O–H groups in total. The molecule has 0 fully saturated rings. The van der Waals surface area contributed by atoms with E-state index in [4.69, 9.17) is 4.43 Å². The number of fused-ring (bicyclic) bond motifs is 2. The summed E-state index contributed by atoms with van der Waals surface area (Å²) in [6, 6.07) is 6.29. The zero-order valence-electron chi connectivity index (χ0n) is 15.0. The Kier molecular flexibility index (Phi) is 4.09. The Bertz CT molecular complexity index is 643. The Hall–Kier alpha value is -1.26. The van der Waals surface area contributed by atoms with Crippen LogP contribution in [0.5, 0.6) is 5.75 Å². The molecule has 0 saturated heterocycles. The second-order valence-corrected chi connectivity index (χ2v) is 13.1. The van der Waals surface area contributed by atoms with E-state index in [2.05, 4.69) is 57.4 Å². The number of nitrogens with one attached hydrogen (secondary N) is 1. The van der Waals surface area contributed by atoms with E-state index in [0.29, 0.717) is 0 Å². The van der Waals surface area contributed by atoms with E-state index in [1.54, 1.807) is 0 Å². The Morgan fingerprint density at radius 1 is 1.26 bits per heavy atom. The lowest BCUT2D eigenvalue weighted by Crippen LogP contribution is -2.43. The summed E-state index contributed by atoms with van der Waals surface area (Å²) in [6.07, 6.45) is 2.71. The summed E-state index contributed by atoms with van der Waals surface area (Å²) in [6.45, 7) is 12.2. The first-order chi connectivity index (χ1) is 10.7. The molecule has 23 heavy (non-hydrogen) atoms. The average molecular weight is 332 g/mol. The number of hydrogen-bond donors (Lipinski definition) is 2. The molecule has 0 radical (unpaired) electrons. The molecule has 1 aliphatic carbocycles. The first-order valence-electron chi connectivity index (χ1n) is 8.66. The molecule has 0 saturated carbocycles. The van der Waals surface area contributed by atoms with E-state index in [9.17, 15) is 5.11 Å². The maximum Gasteiger partial charge on any atom is 0.250 e. The number of benzene rings is 1. The van der Waals surface area contributed by atoms with Crippen molar-refractivity contribution in [1.82, 2.24) is 0 Å². The second kappa shape index (κ2) is 5.67. The first-order valence-corrected chi connectivity index (χ1v) is 11.6. The van der Waals surface area contributed by atoms with Crippen molar-refractivity contribution in [2.75, 3.05) is 11.9 Å². The summed E-state index contributed by atoms with van der Waals surface area (Å²) in [7, 11) is -1.85. The van der Waals surface area contributed by atoms with Crippen LogP contribution >= 0.6 is 0 Å². The highest BCUT2D eigenvalue weighted by molar-refractivity contribution is 6.74. The van der Waals surface area contributed by atoms with Crippen LogP contribution in [-0.2, 0) is 0 Å². The smallest absolute Gasteiger partial charge is 0.250 e. The summed E-state index contributed by atoms with van der Waals surface area (Å²) in [4.78, 5) is 0. The molecule has 1 atom stereocenters. The molecular weight excluding hydrogens is 302 g/mol. The number of aliphatic hydroxyl groups is 1. The van der Waals surface area contributed by atoms with E-state index < -0.39 is 8.32 Å². The molecule has 3 rings (SSSR count). The zero-order chi connectivity index (χ0) is 16.8. The molecular formula is C19H29NO2Si. The van der Waals surface area contributed by atoms with E-state index in [1.165, 1.54) is 5.57 Å². The molecule has 0 bridgehead atoms. The largest absolute Gasteiger partial charge is 0.543 e. The second-order valence-electron chi connectivity index (χ2n) is 8.35. The predicted octanol–water partition coefficient (Wildman–Crippen LogP) is 4.79. The summed E-state index contributed by atoms with van der Waals surface area (Å²) in [5, 5.41) is 14.2. The van der Waals surface area contributed by atoms with Crippen LogP contribution in [0.3, 0.4) is 0 Å². The number of anilines is 1. The normalized spacial score (nSPS) is 21.4. The quantitative estimate of drug-likeness (QED) is 0.765. The zero-order valence-corrected chi connectivity index (χ0v) is 16.0. The molecule has 1 aromatic carbocycles. The van der Waals surface area contributed by atoms with Gasteiger partial charge in [0.1, 0.15) is 5.75 Å². The van der Waals surface area contributed by atoms with Crippen LogP contribution in [0.1, 0.15) is 45.6 Å². The van der Waals surface area contributed by atoms with Gasteiger partial charge in [0, 0.05) is 17.8 Å². The van der Waals surface area contributed by atoms with Crippen LogP contribution in [0.25, 0.3) is 5.57 Å². The third-order valence-electron chi connectivity index (χ3n) is 5.62. The third-order valence-corrected chi connectivity index (χ3v) is 9.98. The highest BCUT2D eigenvalue weighted by Crippen LogP contribution is 2.42. The molecule has 2 aliphatic rings. The molecule has 1 aliphatic heterocycles. The summed E-state index contributed by atoms with van der Waals surface area (Å²) in [5.74, 6) is 0.934. The van der Waals surface area contributed by atoms with Gasteiger partial charge in [0.2, 0.25) is 8.32 Å². The van der Waals surface area contributed by atoms with Gasteiger partial charge in [-0.2, -0.15) is 0 Å². The molecule has 1 aromatic rings. The molecule has 126 valence electrons. The molecule has 0 spiro atoms. The van der Waals surface area contributed by atoms with Gasteiger partial charge in [-0.05, 0) is 66.7 Å². The highest BCUT2D eigenvalue weighted by atomic mass is 28.4. The van der Waals surface area contributed by atoms with Crippen molar-refractivity contribution < 1.29 is 9.53 Å². The maximum atomic E-state index is 10.5. The van der Waals surface area contributed by atoms with Crippen molar-refractivity contribution in [3.8, 4) is 5.75 Å². The minimum Gasteiger partial charge on any atom is -0.543 e. The topological polar surface area (TPSA) is 41.5 Å². The highest BCUT2D eigenvalue weighted by Gasteiger charge is 2.39. The van der Waals surface area contributed by atoms with Crippen molar-refractivity contribution in [3.63, 3.8) is 0 Å². The van der Waals surface area contributed by atoms with Gasteiger partial charge < -0.3 is 14.8 Å². The lowest BCUT2D eigenvalue weighted by molar-refractivity contribution is 0.212. The molecule has 1 unspecified atom stereocenters. The summed E-state index contributed by atoms with van der Waals surface area (Å²) in [5.41, 5.74) is 4.76. The Morgan fingerprint density at radius 3 is 2.70 bits per heavy atom. The number of rotatable bonds is 2. The average Bonchev–Trinajstić information content (AvgIpc) is 2.45. The van der Waals surface area contributed by atoms with E-state index in [0.717, 1.165) is 48.4 Å². The SMILES string of the molecule is CC(C)(C)[Si](C)(C)Oc1ccc2c(c1)C1=C(CCCC1O)CN2. The van der Waals surface area contributed by atoms with Crippen molar-refractivity contribution in [2.45, 2.75) is 64.3 Å². The van der Waals surface area contributed by atoms with E-state index >= 15 is 0 Å². The Labute approximate surface area is 140 Å². The fraction of sp³-hybridized carbons (Fsp3) is 0.579. The van der Waals surface area contributed by atoms with Crippen molar-refractivity contribution in [3.05, 3.63) is 29.3 Å². The van der Waals surface area contributed by atoms with E-state index in [-0.39, 0.29) is 11.1 Å². The minimum absolute atomic E-state index is 0.177. The fourth-order valence-corrected chi connectivity index (χ4v) is 4.21. The predicted molar refractivity (Wildman–Crippen MR) is 99.5 cm³/mol. The molecule has 0 amide bonds. The van der Waals surface area contributed by atoms with Crippen LogP contribution in [0.4, 0.5) is 5.69 Å². The van der Waals surface area contributed by atoms with Crippen molar-refractivity contribution in [1.29, 1.82) is 0 Å². The van der Waals surface area contributed by atoms with Crippen LogP contribution in [0.2, 0.25) is 18.1 Å². The molecule has 0 aromatic heterocycles. The van der Waals surface area contributed by atoms with Gasteiger partial charge >= 0.3 is 0 Å². The van der Waals surface area contributed by atoms with Crippen LogP contribution in [0, 0.1) is 0 Å². The van der Waals surface area contributed by atoms with Crippen LogP contribution in [-0.4, -0.2) is 26.1 Å². The van der Waals surface area contributed by atoms with Gasteiger partial charge in [-0.1, -0.05) is 20.8 Å². The van der Waals surface area contributed by atoms with Gasteiger partial charge in [0.15, 0.2) is 0 Å². The van der Waals surface area contributed by atoms with Crippen LogP contribution < -0.4 is 9.74 Å². The van der Waals surface area contributed by atoms with Gasteiger partial charge in [-0.25, -0.2) is 0 Å². The Balaban J connectivity index is 1.97. The van der Waals surface area contributed by atoms with Gasteiger partial charge in [0.05, 0.1) is 6.10 Å². The monoisotopic (exact) mass is 331 g/mol. The third kappa shape index (κ3) is 3.06. The van der Waals surface area contributed by atoms with Crippen LogP contribution in [0.15, 0.2) is 23.8 Å². The standard InChI is InChI=1S/C19H29NO2Si/c1-19(2,3)23(4,5)22-14-9-10-16-15(11-14)18-13(12-20-16)7-6-8-17(18)21/h9-11,17,20-21H,6-8,12H2,1-5H3. The summed E-state index contributed by atoms with van der Waals surface area (Å²) >= 11 is 0. The maximum absolute atomic E-state index is 10.5. The first kappa shape index (κ1) is 16.6. The number of aliphatic hydroxyl groups excluding tert-OH is 1.